The van der Waals surface area contributed by atoms with Crippen molar-refractivity contribution >= 4 is 6.03 Å². The zero-order chi connectivity index (χ0) is 15.4. The van der Waals surface area contributed by atoms with E-state index in [1.54, 1.807) is 12.5 Å². The third kappa shape index (κ3) is 3.30. The molecule has 0 unspecified atom stereocenters. The second-order valence-electron chi connectivity index (χ2n) is 5.93. The third-order valence-electron chi connectivity index (χ3n) is 4.28. The molecule has 1 fully saturated rings. The number of likely N-dealkylation sites (tertiary alicyclic amines) is 1. The van der Waals surface area contributed by atoms with Gasteiger partial charge in [-0.25, -0.2) is 9.78 Å². The fraction of sp³-hybridized carbons (Fsp3) is 0.412. The predicted molar refractivity (Wildman–Crippen MR) is 85.8 cm³/mol. The van der Waals surface area contributed by atoms with E-state index < -0.39 is 0 Å². The van der Waals surface area contributed by atoms with Crippen LogP contribution in [0.15, 0.2) is 43.0 Å². The maximum atomic E-state index is 12.3. The van der Waals surface area contributed by atoms with Crippen LogP contribution in [0.5, 0.6) is 0 Å². The van der Waals surface area contributed by atoms with Gasteiger partial charge in [0.25, 0.3) is 0 Å². The Kier molecular flexibility index (Phi) is 4.42. The molecule has 1 aromatic carbocycles. The molecule has 2 aromatic rings. The first-order chi connectivity index (χ1) is 10.7. The van der Waals surface area contributed by atoms with Crippen molar-refractivity contribution in [1.29, 1.82) is 0 Å². The number of para-hydroxylation sites is 1. The lowest BCUT2D eigenvalue weighted by Gasteiger charge is -2.30. The van der Waals surface area contributed by atoms with Crippen LogP contribution in [0.4, 0.5) is 4.79 Å². The zero-order valence-electron chi connectivity index (χ0n) is 12.9. The summed E-state index contributed by atoms with van der Waals surface area (Å²) in [5.74, 6) is 0.728. The van der Waals surface area contributed by atoms with E-state index in [2.05, 4.69) is 17.2 Å². The van der Waals surface area contributed by atoms with Gasteiger partial charge in [0.05, 0.1) is 12.0 Å². The summed E-state index contributed by atoms with van der Waals surface area (Å²) in [6.45, 7) is 4.49. The van der Waals surface area contributed by atoms with Crippen LogP contribution in [0.1, 0.15) is 25.3 Å². The number of piperidine rings is 1. The molecule has 22 heavy (non-hydrogen) atoms. The smallest absolute Gasteiger partial charge is 0.317 e. The van der Waals surface area contributed by atoms with Crippen molar-refractivity contribution in [2.24, 2.45) is 5.92 Å². The number of hydrogen-bond acceptors (Lipinski definition) is 2. The number of carbonyl (C=O) groups excluding carboxylic acids is 1. The van der Waals surface area contributed by atoms with Crippen LogP contribution >= 0.6 is 0 Å². The van der Waals surface area contributed by atoms with Crippen LogP contribution < -0.4 is 5.32 Å². The second-order valence-corrected chi connectivity index (χ2v) is 5.93. The number of carbonyl (C=O) groups is 1. The molecule has 116 valence electrons. The van der Waals surface area contributed by atoms with Crippen LogP contribution in [0.2, 0.25) is 0 Å². The number of hydrogen-bond donors (Lipinski definition) is 1. The average molecular weight is 298 g/mol. The van der Waals surface area contributed by atoms with Gasteiger partial charge in [-0.3, -0.25) is 0 Å². The fourth-order valence-electron chi connectivity index (χ4n) is 2.81. The summed E-state index contributed by atoms with van der Waals surface area (Å²) in [6.07, 6.45) is 7.63. The summed E-state index contributed by atoms with van der Waals surface area (Å²) in [6, 6.07) is 8.09. The molecular weight excluding hydrogens is 276 g/mol. The number of urea groups is 1. The predicted octanol–water partition coefficient (Wildman–Crippen LogP) is 2.81. The van der Waals surface area contributed by atoms with Crippen LogP contribution in [0, 0.1) is 5.92 Å². The Morgan fingerprint density at radius 2 is 2.09 bits per heavy atom. The molecule has 0 atom stereocenters. The standard InChI is InChI=1S/C17H22N4O/c1-14-6-9-20(10-7-14)17(22)19-12-15-4-2-3-5-16(15)21-11-8-18-13-21/h2-5,8,11,13-14H,6-7,9-10,12H2,1H3,(H,19,22). The van der Waals surface area contributed by atoms with Gasteiger partial charge in [0.15, 0.2) is 0 Å². The number of imidazole rings is 1. The minimum Gasteiger partial charge on any atom is -0.334 e. The summed E-state index contributed by atoms with van der Waals surface area (Å²) in [5, 5.41) is 3.04. The summed E-state index contributed by atoms with van der Waals surface area (Å²) < 4.78 is 1.96. The molecule has 5 nitrogen and oxygen atoms in total. The molecule has 0 saturated carbocycles. The molecule has 0 aliphatic carbocycles. The SMILES string of the molecule is CC1CCN(C(=O)NCc2ccccc2-n2ccnc2)CC1. The molecule has 0 radical (unpaired) electrons. The Morgan fingerprint density at radius 1 is 1.32 bits per heavy atom. The molecular formula is C17H22N4O. The van der Waals surface area contributed by atoms with Crippen molar-refractivity contribution in [3.8, 4) is 5.69 Å². The minimum absolute atomic E-state index is 0.0346. The Labute approximate surface area is 131 Å². The molecule has 1 aliphatic rings. The molecule has 5 heteroatoms. The van der Waals surface area contributed by atoms with E-state index in [9.17, 15) is 4.79 Å². The summed E-state index contributed by atoms with van der Waals surface area (Å²) in [4.78, 5) is 18.3. The van der Waals surface area contributed by atoms with Gasteiger partial charge in [-0.05, 0) is 30.4 Å². The maximum Gasteiger partial charge on any atom is 0.317 e. The molecule has 0 bridgehead atoms. The molecule has 1 N–H and O–H groups in total. The first-order valence-corrected chi connectivity index (χ1v) is 7.83. The van der Waals surface area contributed by atoms with Crippen molar-refractivity contribution in [2.45, 2.75) is 26.3 Å². The topological polar surface area (TPSA) is 50.2 Å². The lowest BCUT2D eigenvalue weighted by Crippen LogP contribution is -2.43. The Bertz CT molecular complexity index is 615. The lowest BCUT2D eigenvalue weighted by atomic mass is 10.00. The van der Waals surface area contributed by atoms with Gasteiger partial charge in [0.1, 0.15) is 0 Å². The molecule has 1 saturated heterocycles. The van der Waals surface area contributed by atoms with Crippen molar-refractivity contribution in [3.63, 3.8) is 0 Å². The lowest BCUT2D eigenvalue weighted by molar-refractivity contribution is 0.173. The number of amides is 2. The minimum atomic E-state index is 0.0346. The summed E-state index contributed by atoms with van der Waals surface area (Å²) in [5.41, 5.74) is 2.13. The highest BCUT2D eigenvalue weighted by atomic mass is 16.2. The highest BCUT2D eigenvalue weighted by Gasteiger charge is 2.20. The van der Waals surface area contributed by atoms with Crippen LogP contribution in [0.3, 0.4) is 0 Å². The molecule has 3 rings (SSSR count). The number of rotatable bonds is 3. The largest absolute Gasteiger partial charge is 0.334 e. The van der Waals surface area contributed by atoms with E-state index >= 15 is 0 Å². The van der Waals surface area contributed by atoms with E-state index in [0.717, 1.165) is 43.1 Å². The third-order valence-corrected chi connectivity index (χ3v) is 4.28. The first kappa shape index (κ1) is 14.6. The van der Waals surface area contributed by atoms with Gasteiger partial charge < -0.3 is 14.8 Å². The first-order valence-electron chi connectivity index (χ1n) is 7.83. The zero-order valence-corrected chi connectivity index (χ0v) is 12.9. The van der Waals surface area contributed by atoms with Crippen molar-refractivity contribution < 1.29 is 4.79 Å². The average Bonchev–Trinajstić information content (AvgIpc) is 3.08. The van der Waals surface area contributed by atoms with E-state index in [1.165, 1.54) is 0 Å². The van der Waals surface area contributed by atoms with Gasteiger partial charge >= 0.3 is 6.03 Å². The molecule has 2 amide bonds. The van der Waals surface area contributed by atoms with Gasteiger partial charge in [0, 0.05) is 32.0 Å². The van der Waals surface area contributed by atoms with E-state index in [0.29, 0.717) is 6.54 Å². The fourth-order valence-corrected chi connectivity index (χ4v) is 2.81. The quantitative estimate of drug-likeness (QED) is 0.947. The van der Waals surface area contributed by atoms with Gasteiger partial charge in [-0.15, -0.1) is 0 Å². The monoisotopic (exact) mass is 298 g/mol. The summed E-state index contributed by atoms with van der Waals surface area (Å²) in [7, 11) is 0. The second kappa shape index (κ2) is 6.64. The van der Waals surface area contributed by atoms with Crippen molar-refractivity contribution in [2.75, 3.05) is 13.1 Å². The Hall–Kier alpha value is -2.30. The summed E-state index contributed by atoms with van der Waals surface area (Å²) >= 11 is 0. The highest BCUT2D eigenvalue weighted by Crippen LogP contribution is 2.17. The molecule has 2 heterocycles. The Morgan fingerprint density at radius 3 is 2.82 bits per heavy atom. The van der Waals surface area contributed by atoms with Gasteiger partial charge in [0.2, 0.25) is 0 Å². The van der Waals surface area contributed by atoms with Crippen LogP contribution in [-0.2, 0) is 6.54 Å². The van der Waals surface area contributed by atoms with E-state index in [-0.39, 0.29) is 6.03 Å². The van der Waals surface area contributed by atoms with E-state index in [1.807, 2.05) is 39.9 Å². The number of nitrogens with one attached hydrogen (secondary N) is 1. The normalized spacial score (nSPS) is 15.8. The molecule has 0 spiro atoms. The number of nitrogens with zero attached hydrogens (tertiary/aromatic N) is 3. The van der Waals surface area contributed by atoms with Gasteiger partial charge in [-0.1, -0.05) is 25.1 Å². The maximum absolute atomic E-state index is 12.3. The van der Waals surface area contributed by atoms with Crippen molar-refractivity contribution in [1.82, 2.24) is 19.8 Å². The van der Waals surface area contributed by atoms with E-state index in [4.69, 9.17) is 0 Å². The van der Waals surface area contributed by atoms with Crippen LogP contribution in [0.25, 0.3) is 5.69 Å². The molecule has 1 aromatic heterocycles. The van der Waals surface area contributed by atoms with Crippen LogP contribution in [-0.4, -0.2) is 33.6 Å². The van der Waals surface area contributed by atoms with Crippen molar-refractivity contribution in [3.05, 3.63) is 48.5 Å². The van der Waals surface area contributed by atoms with Gasteiger partial charge in [-0.2, -0.15) is 0 Å². The Balaban J connectivity index is 1.63. The number of aromatic nitrogens is 2. The number of benzene rings is 1. The molecule has 1 aliphatic heterocycles. The highest BCUT2D eigenvalue weighted by molar-refractivity contribution is 5.74.